The number of rotatable bonds is 10. The Kier molecular flexibility index (Phi) is 8.54. The second kappa shape index (κ2) is 10.4. The van der Waals surface area contributed by atoms with Gasteiger partial charge in [0.2, 0.25) is 17.7 Å². The molecule has 0 aliphatic rings. The monoisotopic (exact) mass is 398 g/mol. The number of H-pyrrole nitrogens is 1. The zero-order chi connectivity index (χ0) is 21.4. The van der Waals surface area contributed by atoms with Crippen molar-refractivity contribution in [3.05, 3.63) is 18.2 Å². The van der Waals surface area contributed by atoms with Crippen LogP contribution in [0.15, 0.2) is 12.5 Å². The van der Waals surface area contributed by atoms with E-state index in [0.717, 1.165) is 0 Å². The van der Waals surface area contributed by atoms with Crippen molar-refractivity contribution in [3.8, 4) is 0 Å². The van der Waals surface area contributed by atoms with Crippen LogP contribution < -0.4 is 21.7 Å². The standard InChI is InChI=1S/C16H26N6O6/c1-7(20-15(26)12(17)9(3)23)13(24)22-11(4-10-5-18-6-19-10)14(25)21-8(2)16(27)28/h5-9,11-12,23H,4,17H2,1-3H3,(H,18,19)(H,20,26)(H,21,25)(H,22,24)(H,27,28). The summed E-state index contributed by atoms with van der Waals surface area (Å²) in [6.45, 7) is 4.01. The summed E-state index contributed by atoms with van der Waals surface area (Å²) in [6.07, 6.45) is 1.77. The average molecular weight is 398 g/mol. The van der Waals surface area contributed by atoms with Crippen LogP contribution in [-0.4, -0.2) is 74.1 Å². The molecule has 1 heterocycles. The normalized spacial score (nSPS) is 16.2. The van der Waals surface area contributed by atoms with Crippen molar-refractivity contribution in [2.45, 2.75) is 57.5 Å². The summed E-state index contributed by atoms with van der Waals surface area (Å²) in [5.74, 6) is -3.36. The van der Waals surface area contributed by atoms with Gasteiger partial charge in [-0.15, -0.1) is 0 Å². The molecule has 28 heavy (non-hydrogen) atoms. The molecule has 5 unspecified atom stereocenters. The summed E-state index contributed by atoms with van der Waals surface area (Å²) in [5.41, 5.74) is 6.05. The van der Waals surface area contributed by atoms with E-state index in [1.807, 2.05) is 0 Å². The summed E-state index contributed by atoms with van der Waals surface area (Å²) in [4.78, 5) is 54.2. The minimum Gasteiger partial charge on any atom is -0.480 e. The van der Waals surface area contributed by atoms with Gasteiger partial charge in [-0.25, -0.2) is 4.98 Å². The number of hydrogen-bond acceptors (Lipinski definition) is 7. The molecule has 0 aromatic carbocycles. The summed E-state index contributed by atoms with van der Waals surface area (Å²) < 4.78 is 0. The summed E-state index contributed by atoms with van der Waals surface area (Å²) in [5, 5.41) is 25.4. The van der Waals surface area contributed by atoms with Gasteiger partial charge in [0.15, 0.2) is 0 Å². The van der Waals surface area contributed by atoms with Crippen molar-refractivity contribution in [2.75, 3.05) is 0 Å². The van der Waals surface area contributed by atoms with E-state index in [0.29, 0.717) is 5.69 Å². The van der Waals surface area contributed by atoms with Crippen LogP contribution in [0.25, 0.3) is 0 Å². The maximum atomic E-state index is 12.4. The van der Waals surface area contributed by atoms with Crippen molar-refractivity contribution >= 4 is 23.7 Å². The van der Waals surface area contributed by atoms with E-state index in [9.17, 15) is 24.3 Å². The SMILES string of the molecule is CC(NC(=O)C(Cc1cnc[nH]1)NC(=O)C(C)NC(=O)C(N)C(C)O)C(=O)O. The van der Waals surface area contributed by atoms with E-state index >= 15 is 0 Å². The molecule has 12 heteroatoms. The molecule has 0 fully saturated rings. The fourth-order valence-corrected chi connectivity index (χ4v) is 2.09. The molecule has 0 spiro atoms. The molecule has 0 aliphatic heterocycles. The third-order valence-electron chi connectivity index (χ3n) is 3.92. The number of aliphatic carboxylic acids is 1. The summed E-state index contributed by atoms with van der Waals surface area (Å²) in [6, 6.07) is -4.53. The Morgan fingerprint density at radius 1 is 1.07 bits per heavy atom. The number of nitrogens with two attached hydrogens (primary N) is 1. The topological polar surface area (TPSA) is 200 Å². The van der Waals surface area contributed by atoms with Gasteiger partial charge in [-0.3, -0.25) is 19.2 Å². The minimum absolute atomic E-state index is 0.0256. The van der Waals surface area contributed by atoms with Gasteiger partial charge in [-0.1, -0.05) is 0 Å². The number of nitrogens with zero attached hydrogens (tertiary/aromatic N) is 1. The fraction of sp³-hybridized carbons (Fsp3) is 0.562. The predicted molar refractivity (Wildman–Crippen MR) is 96.7 cm³/mol. The Morgan fingerprint density at radius 2 is 1.68 bits per heavy atom. The van der Waals surface area contributed by atoms with Gasteiger partial charge in [0.25, 0.3) is 0 Å². The zero-order valence-electron chi connectivity index (χ0n) is 15.8. The maximum absolute atomic E-state index is 12.4. The lowest BCUT2D eigenvalue weighted by molar-refractivity contribution is -0.141. The number of hydrogen-bond donors (Lipinski definition) is 7. The number of aliphatic hydroxyl groups is 1. The van der Waals surface area contributed by atoms with Crippen LogP contribution in [0.3, 0.4) is 0 Å². The molecule has 0 saturated carbocycles. The highest BCUT2D eigenvalue weighted by Gasteiger charge is 2.28. The Bertz CT molecular complexity index is 692. The Morgan fingerprint density at radius 3 is 2.18 bits per heavy atom. The first-order valence-corrected chi connectivity index (χ1v) is 8.57. The van der Waals surface area contributed by atoms with Crippen molar-refractivity contribution < 1.29 is 29.4 Å². The van der Waals surface area contributed by atoms with Crippen LogP contribution in [0, 0.1) is 0 Å². The molecule has 0 saturated heterocycles. The molecule has 8 N–H and O–H groups in total. The quantitative estimate of drug-likeness (QED) is 0.220. The number of nitrogens with one attached hydrogen (secondary N) is 4. The van der Waals surface area contributed by atoms with Crippen LogP contribution in [0.5, 0.6) is 0 Å². The van der Waals surface area contributed by atoms with E-state index in [-0.39, 0.29) is 6.42 Å². The molecule has 3 amide bonds. The van der Waals surface area contributed by atoms with Crippen LogP contribution >= 0.6 is 0 Å². The van der Waals surface area contributed by atoms with Gasteiger partial charge in [0.05, 0.1) is 12.4 Å². The lowest BCUT2D eigenvalue weighted by Crippen LogP contribution is -2.57. The highest BCUT2D eigenvalue weighted by molar-refractivity contribution is 5.94. The predicted octanol–water partition coefficient (Wildman–Crippen LogP) is -2.76. The number of imidazole rings is 1. The first kappa shape index (κ1) is 23.0. The van der Waals surface area contributed by atoms with Gasteiger partial charge in [-0.05, 0) is 20.8 Å². The lowest BCUT2D eigenvalue weighted by Gasteiger charge is -2.23. The van der Waals surface area contributed by atoms with Crippen LogP contribution in [0.2, 0.25) is 0 Å². The van der Waals surface area contributed by atoms with Gasteiger partial charge in [-0.2, -0.15) is 0 Å². The fourth-order valence-electron chi connectivity index (χ4n) is 2.09. The van der Waals surface area contributed by atoms with E-state index in [1.54, 1.807) is 0 Å². The highest BCUT2D eigenvalue weighted by Crippen LogP contribution is 2.01. The zero-order valence-corrected chi connectivity index (χ0v) is 15.8. The number of carbonyl (C=O) groups is 4. The van der Waals surface area contributed by atoms with Gasteiger partial charge >= 0.3 is 5.97 Å². The van der Waals surface area contributed by atoms with E-state index in [2.05, 4.69) is 25.9 Å². The average Bonchev–Trinajstić information content (AvgIpc) is 3.12. The Labute approximate surface area is 161 Å². The Balaban J connectivity index is 2.80. The van der Waals surface area contributed by atoms with Crippen molar-refractivity contribution in [1.82, 2.24) is 25.9 Å². The molecule has 1 aromatic rings. The number of aromatic amines is 1. The van der Waals surface area contributed by atoms with E-state index in [4.69, 9.17) is 10.8 Å². The molecule has 0 bridgehead atoms. The molecule has 156 valence electrons. The molecule has 1 aromatic heterocycles. The van der Waals surface area contributed by atoms with Crippen LogP contribution in [0.4, 0.5) is 0 Å². The van der Waals surface area contributed by atoms with E-state index in [1.165, 1.54) is 33.3 Å². The second-order valence-electron chi connectivity index (χ2n) is 6.41. The highest BCUT2D eigenvalue weighted by atomic mass is 16.4. The molecule has 0 aliphatic carbocycles. The Hall–Kier alpha value is -2.99. The third-order valence-corrected chi connectivity index (χ3v) is 3.92. The van der Waals surface area contributed by atoms with Gasteiger partial charge in [0.1, 0.15) is 24.2 Å². The molecule has 0 radical (unpaired) electrons. The van der Waals surface area contributed by atoms with E-state index < -0.39 is 54.0 Å². The van der Waals surface area contributed by atoms with Crippen molar-refractivity contribution in [3.63, 3.8) is 0 Å². The molecule has 5 atom stereocenters. The number of carbonyl (C=O) groups excluding carboxylic acids is 3. The summed E-state index contributed by atoms with van der Waals surface area (Å²) >= 11 is 0. The second-order valence-corrected chi connectivity index (χ2v) is 6.41. The number of amides is 3. The van der Waals surface area contributed by atoms with Gasteiger partial charge in [0, 0.05) is 18.3 Å². The smallest absolute Gasteiger partial charge is 0.325 e. The minimum atomic E-state index is -1.23. The molecular weight excluding hydrogens is 372 g/mol. The number of carboxylic acids is 1. The molecule has 12 nitrogen and oxygen atoms in total. The van der Waals surface area contributed by atoms with Gasteiger partial charge < -0.3 is 36.9 Å². The maximum Gasteiger partial charge on any atom is 0.325 e. The first-order valence-electron chi connectivity index (χ1n) is 8.57. The lowest BCUT2D eigenvalue weighted by atomic mass is 10.1. The number of aliphatic hydroxyl groups excluding tert-OH is 1. The van der Waals surface area contributed by atoms with Crippen molar-refractivity contribution in [1.29, 1.82) is 0 Å². The third kappa shape index (κ3) is 6.96. The summed E-state index contributed by atoms with van der Waals surface area (Å²) in [7, 11) is 0. The molecular formula is C16H26N6O6. The van der Waals surface area contributed by atoms with Crippen LogP contribution in [-0.2, 0) is 25.6 Å². The largest absolute Gasteiger partial charge is 0.480 e. The number of aromatic nitrogens is 2. The molecule has 1 rings (SSSR count). The van der Waals surface area contributed by atoms with Crippen LogP contribution in [0.1, 0.15) is 26.5 Å². The number of carboxylic acid groups (broad SMARTS) is 1. The first-order chi connectivity index (χ1) is 13.0. The van der Waals surface area contributed by atoms with Crippen molar-refractivity contribution in [2.24, 2.45) is 5.73 Å².